The van der Waals surface area contributed by atoms with E-state index in [9.17, 15) is 5.11 Å². The van der Waals surface area contributed by atoms with Gasteiger partial charge >= 0.3 is 0 Å². The van der Waals surface area contributed by atoms with E-state index in [0.717, 1.165) is 41.8 Å². The van der Waals surface area contributed by atoms with E-state index in [4.69, 9.17) is 11.6 Å². The Kier molecular flexibility index (Phi) is 4.00. The average molecular weight is 306 g/mol. The van der Waals surface area contributed by atoms with E-state index in [1.807, 2.05) is 31.3 Å². The zero-order chi connectivity index (χ0) is 14.9. The molecule has 0 amide bonds. The second-order valence-corrected chi connectivity index (χ2v) is 6.40. The lowest BCUT2D eigenvalue weighted by molar-refractivity contribution is -0.00474. The van der Waals surface area contributed by atoms with Gasteiger partial charge in [-0.1, -0.05) is 42.1 Å². The highest BCUT2D eigenvalue weighted by Gasteiger charge is 2.33. The van der Waals surface area contributed by atoms with Crippen LogP contribution in [0.3, 0.4) is 0 Å². The fraction of sp³-hybridized carbons (Fsp3) is 0.500. The first-order valence-corrected chi connectivity index (χ1v) is 7.83. The molecule has 0 aliphatic heterocycles. The van der Waals surface area contributed by atoms with Crippen LogP contribution in [-0.4, -0.2) is 20.1 Å². The molecule has 1 aliphatic rings. The first-order chi connectivity index (χ1) is 10.1. The minimum Gasteiger partial charge on any atom is -0.383 e. The minimum atomic E-state index is -0.786. The fourth-order valence-electron chi connectivity index (χ4n) is 2.99. The van der Waals surface area contributed by atoms with E-state index < -0.39 is 5.60 Å². The first-order valence-electron chi connectivity index (χ1n) is 7.45. The molecule has 1 N–H and O–H groups in total. The molecule has 112 valence electrons. The maximum absolute atomic E-state index is 10.7. The first kappa shape index (κ1) is 14.5. The van der Waals surface area contributed by atoms with Gasteiger partial charge in [-0.15, -0.1) is 5.10 Å². The van der Waals surface area contributed by atoms with Crippen molar-refractivity contribution < 1.29 is 5.11 Å². The van der Waals surface area contributed by atoms with Crippen molar-refractivity contribution in [2.75, 3.05) is 0 Å². The van der Waals surface area contributed by atoms with Gasteiger partial charge in [0.1, 0.15) is 11.3 Å². The van der Waals surface area contributed by atoms with E-state index in [0.29, 0.717) is 12.2 Å². The van der Waals surface area contributed by atoms with Gasteiger partial charge < -0.3 is 5.11 Å². The number of hydrogen-bond donors (Lipinski definition) is 1. The highest BCUT2D eigenvalue weighted by atomic mass is 35.5. The molecule has 0 atom stereocenters. The molecule has 5 heteroatoms. The lowest BCUT2D eigenvalue weighted by atomic mass is 9.83. The number of aliphatic hydroxyl groups is 1. The Labute approximate surface area is 129 Å². The summed E-state index contributed by atoms with van der Waals surface area (Å²) in [7, 11) is 0. The van der Waals surface area contributed by atoms with Gasteiger partial charge in [-0.25, -0.2) is 4.68 Å². The monoisotopic (exact) mass is 305 g/mol. The van der Waals surface area contributed by atoms with Crippen LogP contribution in [0.2, 0.25) is 5.02 Å². The molecule has 0 saturated heterocycles. The highest BCUT2D eigenvalue weighted by molar-refractivity contribution is 6.30. The molecule has 0 unspecified atom stereocenters. The lowest BCUT2D eigenvalue weighted by Crippen LogP contribution is -2.28. The Hall–Kier alpha value is -1.39. The van der Waals surface area contributed by atoms with Crippen molar-refractivity contribution in [3.63, 3.8) is 0 Å². The van der Waals surface area contributed by atoms with Crippen LogP contribution in [0.5, 0.6) is 0 Å². The Morgan fingerprint density at radius 3 is 2.76 bits per heavy atom. The van der Waals surface area contributed by atoms with Crippen LogP contribution in [-0.2, 0) is 12.1 Å². The molecule has 1 fully saturated rings. The van der Waals surface area contributed by atoms with Crippen LogP contribution < -0.4 is 0 Å². The molecule has 1 saturated carbocycles. The van der Waals surface area contributed by atoms with Crippen LogP contribution in [0.25, 0.3) is 0 Å². The smallest absolute Gasteiger partial charge is 0.114 e. The third-order valence-corrected chi connectivity index (χ3v) is 4.57. The van der Waals surface area contributed by atoms with Crippen LogP contribution >= 0.6 is 11.6 Å². The molecule has 1 aromatic heterocycles. The summed E-state index contributed by atoms with van der Waals surface area (Å²) in [6.45, 7) is 2.68. The third-order valence-electron chi connectivity index (χ3n) is 4.33. The Morgan fingerprint density at radius 2 is 2.05 bits per heavy atom. The van der Waals surface area contributed by atoms with Crippen molar-refractivity contribution in [1.82, 2.24) is 15.0 Å². The van der Waals surface area contributed by atoms with Crippen molar-refractivity contribution in [2.45, 2.75) is 51.2 Å². The molecule has 1 aromatic carbocycles. The maximum Gasteiger partial charge on any atom is 0.114 e. The average Bonchev–Trinajstić information content (AvgIpc) is 2.92. The largest absolute Gasteiger partial charge is 0.383 e. The van der Waals surface area contributed by atoms with Gasteiger partial charge in [-0.05, 0) is 43.0 Å². The zero-order valence-corrected chi connectivity index (χ0v) is 13.0. The molecule has 0 spiro atoms. The minimum absolute atomic E-state index is 0.645. The molecule has 3 rings (SSSR count). The number of hydrogen-bond acceptors (Lipinski definition) is 3. The topological polar surface area (TPSA) is 50.9 Å². The summed E-state index contributed by atoms with van der Waals surface area (Å²) in [4.78, 5) is 0. The van der Waals surface area contributed by atoms with Crippen molar-refractivity contribution >= 4 is 11.6 Å². The predicted octanol–water partition coefficient (Wildman–Crippen LogP) is 3.44. The van der Waals surface area contributed by atoms with Crippen LogP contribution in [0.1, 0.15) is 48.9 Å². The van der Waals surface area contributed by atoms with Gasteiger partial charge in [0.05, 0.1) is 12.7 Å². The Bertz CT molecular complexity index is 632. The van der Waals surface area contributed by atoms with Gasteiger partial charge in [-0.3, -0.25) is 0 Å². The van der Waals surface area contributed by atoms with Crippen LogP contribution in [0, 0.1) is 6.92 Å². The standard InChI is InChI=1S/C16H20ClN3O/c1-12-9-14(17)6-5-13(12)10-20-11-15(18-19-20)16(21)7-3-2-4-8-16/h5-6,9,11,21H,2-4,7-8,10H2,1H3. The Balaban J connectivity index is 1.78. The zero-order valence-electron chi connectivity index (χ0n) is 12.2. The number of aryl methyl sites for hydroxylation is 1. The summed E-state index contributed by atoms with van der Waals surface area (Å²) in [5, 5.41) is 19.8. The summed E-state index contributed by atoms with van der Waals surface area (Å²) in [5.74, 6) is 0. The van der Waals surface area contributed by atoms with E-state index in [-0.39, 0.29) is 0 Å². The summed E-state index contributed by atoms with van der Waals surface area (Å²) >= 11 is 5.98. The number of benzene rings is 1. The molecule has 0 radical (unpaired) electrons. The molecule has 4 nitrogen and oxygen atoms in total. The molecule has 0 bridgehead atoms. The van der Waals surface area contributed by atoms with Crippen molar-refractivity contribution in [2.24, 2.45) is 0 Å². The van der Waals surface area contributed by atoms with E-state index in [1.165, 1.54) is 6.42 Å². The van der Waals surface area contributed by atoms with Gasteiger partial charge in [0.2, 0.25) is 0 Å². The number of rotatable bonds is 3. The van der Waals surface area contributed by atoms with Crippen molar-refractivity contribution in [1.29, 1.82) is 0 Å². The van der Waals surface area contributed by atoms with Crippen molar-refractivity contribution in [3.8, 4) is 0 Å². The number of nitrogens with zero attached hydrogens (tertiary/aromatic N) is 3. The van der Waals surface area contributed by atoms with Crippen LogP contribution in [0.4, 0.5) is 0 Å². The number of halogens is 1. The molecule has 21 heavy (non-hydrogen) atoms. The van der Waals surface area contributed by atoms with Crippen LogP contribution in [0.15, 0.2) is 24.4 Å². The molecule has 1 aliphatic carbocycles. The number of aromatic nitrogens is 3. The summed E-state index contributed by atoms with van der Waals surface area (Å²) in [5.41, 5.74) is 2.21. The van der Waals surface area contributed by atoms with Gasteiger partial charge in [0, 0.05) is 5.02 Å². The summed E-state index contributed by atoms with van der Waals surface area (Å²) in [6, 6.07) is 5.84. The second kappa shape index (κ2) is 5.78. The van der Waals surface area contributed by atoms with E-state index in [1.54, 1.807) is 4.68 Å². The molecule has 2 aromatic rings. The Morgan fingerprint density at radius 1 is 1.29 bits per heavy atom. The molecular formula is C16H20ClN3O. The second-order valence-electron chi connectivity index (χ2n) is 5.96. The fourth-order valence-corrected chi connectivity index (χ4v) is 3.22. The van der Waals surface area contributed by atoms with E-state index >= 15 is 0 Å². The van der Waals surface area contributed by atoms with Gasteiger partial charge in [0.15, 0.2) is 0 Å². The van der Waals surface area contributed by atoms with Crippen molar-refractivity contribution in [3.05, 3.63) is 46.2 Å². The summed E-state index contributed by atoms with van der Waals surface area (Å²) < 4.78 is 1.79. The van der Waals surface area contributed by atoms with Gasteiger partial charge in [-0.2, -0.15) is 0 Å². The highest BCUT2D eigenvalue weighted by Crippen LogP contribution is 2.35. The quantitative estimate of drug-likeness (QED) is 0.945. The third kappa shape index (κ3) is 3.11. The van der Waals surface area contributed by atoms with E-state index in [2.05, 4.69) is 10.3 Å². The SMILES string of the molecule is Cc1cc(Cl)ccc1Cn1cc(C2(O)CCCCC2)nn1. The lowest BCUT2D eigenvalue weighted by Gasteiger charge is -2.29. The molecule has 1 heterocycles. The maximum atomic E-state index is 10.7. The predicted molar refractivity (Wildman–Crippen MR) is 82.3 cm³/mol. The summed E-state index contributed by atoms with van der Waals surface area (Å²) in [6.07, 6.45) is 6.75. The molecular weight excluding hydrogens is 286 g/mol. The normalized spacial score (nSPS) is 17.9. The van der Waals surface area contributed by atoms with Gasteiger partial charge in [0.25, 0.3) is 0 Å².